The molecule has 0 aliphatic rings. The van der Waals surface area contributed by atoms with Crippen molar-refractivity contribution in [3.63, 3.8) is 0 Å². The number of rotatable bonds is 4. The molecule has 0 spiro atoms. The molecule has 1 aromatic rings. The Morgan fingerprint density at radius 3 is 2.41 bits per heavy atom. The molecule has 0 bridgehead atoms. The molecule has 0 aliphatic carbocycles. The van der Waals surface area contributed by atoms with Gasteiger partial charge in [0.05, 0.1) is 0 Å². The minimum atomic E-state index is 0.197. The molecular weight excluding hydrogens is 208 g/mol. The predicted octanol–water partition coefficient (Wildman–Crippen LogP) is 4.20. The van der Waals surface area contributed by atoms with E-state index in [-0.39, 0.29) is 11.2 Å². The van der Waals surface area contributed by atoms with Crippen LogP contribution in [0.25, 0.3) is 0 Å². The van der Waals surface area contributed by atoms with Crippen LogP contribution in [0.4, 0.5) is 0 Å². The average molecular weight is 232 g/mol. The number of hydrogen-bond donors (Lipinski definition) is 0. The smallest absolute Gasteiger partial charge is 0.129 e. The number of carbonyl (C=O) groups excluding carboxylic acids is 1. The Balaban J connectivity index is 2.80. The van der Waals surface area contributed by atoms with Crippen LogP contribution in [0.1, 0.15) is 57.2 Å². The molecule has 0 aromatic heterocycles. The molecule has 0 aliphatic heterocycles. The summed E-state index contributed by atoms with van der Waals surface area (Å²) in [5.41, 5.74) is 4.30. The van der Waals surface area contributed by atoms with Crippen LogP contribution in [0, 0.1) is 6.92 Å². The van der Waals surface area contributed by atoms with Crippen molar-refractivity contribution in [2.45, 2.75) is 59.3 Å². The molecule has 1 heteroatoms. The van der Waals surface area contributed by atoms with E-state index in [4.69, 9.17) is 0 Å². The molecular formula is C16H24O. The lowest BCUT2D eigenvalue weighted by atomic mass is 9.84. The molecule has 0 unspecified atom stereocenters. The summed E-state index contributed by atoms with van der Waals surface area (Å²) in [6.45, 7) is 10.5. The van der Waals surface area contributed by atoms with Gasteiger partial charge in [-0.3, -0.25) is 0 Å². The van der Waals surface area contributed by atoms with Crippen LogP contribution in [0.5, 0.6) is 0 Å². The van der Waals surface area contributed by atoms with Gasteiger partial charge in [-0.1, -0.05) is 39.0 Å². The van der Waals surface area contributed by atoms with E-state index in [2.05, 4.69) is 45.9 Å². The summed E-state index contributed by atoms with van der Waals surface area (Å²) < 4.78 is 0. The molecule has 0 fully saturated rings. The summed E-state index contributed by atoms with van der Waals surface area (Å²) in [4.78, 5) is 10.9. The zero-order chi connectivity index (χ0) is 13.1. The quantitative estimate of drug-likeness (QED) is 0.760. The van der Waals surface area contributed by atoms with E-state index in [9.17, 15) is 4.79 Å². The van der Waals surface area contributed by atoms with Crippen LogP contribution in [-0.4, -0.2) is 5.78 Å². The summed E-state index contributed by atoms with van der Waals surface area (Å²) in [5.74, 6) is 0.287. The fourth-order valence-corrected chi connectivity index (χ4v) is 1.94. The first kappa shape index (κ1) is 14.0. The monoisotopic (exact) mass is 232 g/mol. The first-order valence-electron chi connectivity index (χ1n) is 6.40. The van der Waals surface area contributed by atoms with Crippen LogP contribution < -0.4 is 0 Å². The fourth-order valence-electron chi connectivity index (χ4n) is 1.94. The highest BCUT2D eigenvalue weighted by molar-refractivity contribution is 5.75. The van der Waals surface area contributed by atoms with Gasteiger partial charge in [0.1, 0.15) is 5.78 Å². The van der Waals surface area contributed by atoms with Gasteiger partial charge in [-0.2, -0.15) is 0 Å². The maximum absolute atomic E-state index is 10.9. The Bertz CT molecular complexity index is 396. The zero-order valence-electron chi connectivity index (χ0n) is 11.8. The van der Waals surface area contributed by atoms with Gasteiger partial charge in [0, 0.05) is 6.42 Å². The Kier molecular flexibility index (Phi) is 4.50. The van der Waals surface area contributed by atoms with Crippen LogP contribution in [0.2, 0.25) is 0 Å². The van der Waals surface area contributed by atoms with Crippen LogP contribution in [0.15, 0.2) is 18.2 Å². The number of ketones is 1. The van der Waals surface area contributed by atoms with Gasteiger partial charge in [0.2, 0.25) is 0 Å². The van der Waals surface area contributed by atoms with Crippen molar-refractivity contribution < 1.29 is 4.79 Å². The van der Waals surface area contributed by atoms with Crippen LogP contribution in [-0.2, 0) is 16.6 Å². The molecule has 1 rings (SSSR count). The molecule has 94 valence electrons. The first-order chi connectivity index (χ1) is 7.80. The third-order valence-electron chi connectivity index (χ3n) is 3.19. The lowest BCUT2D eigenvalue weighted by molar-refractivity contribution is -0.117. The summed E-state index contributed by atoms with van der Waals surface area (Å²) in [7, 11) is 0. The molecule has 0 saturated carbocycles. The van der Waals surface area contributed by atoms with Crippen molar-refractivity contribution in [2.75, 3.05) is 0 Å². The summed E-state index contributed by atoms with van der Waals surface area (Å²) in [6, 6.07) is 6.71. The molecule has 0 heterocycles. The van der Waals surface area contributed by atoms with Gasteiger partial charge in [-0.05, 0) is 48.8 Å². The van der Waals surface area contributed by atoms with Crippen molar-refractivity contribution in [2.24, 2.45) is 0 Å². The second kappa shape index (κ2) is 5.48. The fraction of sp³-hybridized carbons (Fsp3) is 0.562. The van der Waals surface area contributed by atoms with Crippen molar-refractivity contribution >= 4 is 5.78 Å². The maximum atomic E-state index is 10.9. The normalized spacial score (nSPS) is 11.6. The largest absolute Gasteiger partial charge is 0.300 e. The van der Waals surface area contributed by atoms with E-state index in [0.29, 0.717) is 6.42 Å². The predicted molar refractivity (Wildman–Crippen MR) is 73.5 cm³/mol. The van der Waals surface area contributed by atoms with Gasteiger partial charge < -0.3 is 4.79 Å². The van der Waals surface area contributed by atoms with Crippen LogP contribution in [0.3, 0.4) is 0 Å². The number of aryl methyl sites for hydroxylation is 2. The summed E-state index contributed by atoms with van der Waals surface area (Å²) in [6.07, 6.45) is 2.66. The van der Waals surface area contributed by atoms with E-state index in [1.807, 2.05) is 0 Å². The Labute approximate surface area is 105 Å². The average Bonchev–Trinajstić information content (AvgIpc) is 2.18. The molecule has 17 heavy (non-hydrogen) atoms. The van der Waals surface area contributed by atoms with E-state index < -0.39 is 0 Å². The van der Waals surface area contributed by atoms with E-state index in [1.54, 1.807) is 6.92 Å². The molecule has 1 nitrogen and oxygen atoms in total. The highest BCUT2D eigenvalue weighted by Gasteiger charge is 2.14. The lowest BCUT2D eigenvalue weighted by Crippen LogP contribution is -2.11. The zero-order valence-corrected chi connectivity index (χ0v) is 11.8. The number of hydrogen-bond acceptors (Lipinski definition) is 1. The molecule has 0 atom stereocenters. The maximum Gasteiger partial charge on any atom is 0.129 e. The second-order valence-electron chi connectivity index (χ2n) is 5.95. The van der Waals surface area contributed by atoms with E-state index >= 15 is 0 Å². The Morgan fingerprint density at radius 1 is 1.24 bits per heavy atom. The number of Topliss-reactive ketones (excluding diaryl/α,β-unsaturated/α-hetero) is 1. The highest BCUT2D eigenvalue weighted by Crippen LogP contribution is 2.25. The Morgan fingerprint density at radius 2 is 1.88 bits per heavy atom. The van der Waals surface area contributed by atoms with Gasteiger partial charge in [-0.15, -0.1) is 0 Å². The van der Waals surface area contributed by atoms with Crippen molar-refractivity contribution in [3.05, 3.63) is 34.9 Å². The summed E-state index contributed by atoms with van der Waals surface area (Å²) in [5, 5.41) is 0. The third-order valence-corrected chi connectivity index (χ3v) is 3.19. The van der Waals surface area contributed by atoms with Crippen LogP contribution >= 0.6 is 0 Å². The minimum Gasteiger partial charge on any atom is -0.300 e. The van der Waals surface area contributed by atoms with Gasteiger partial charge in [0.25, 0.3) is 0 Å². The molecule has 1 aromatic carbocycles. The Hall–Kier alpha value is -1.11. The number of benzene rings is 1. The lowest BCUT2D eigenvalue weighted by Gasteiger charge is -2.20. The molecule has 0 amide bonds. The van der Waals surface area contributed by atoms with Crippen molar-refractivity contribution in [1.29, 1.82) is 0 Å². The highest BCUT2D eigenvalue weighted by atomic mass is 16.1. The molecule has 0 N–H and O–H groups in total. The first-order valence-corrected chi connectivity index (χ1v) is 6.40. The van der Waals surface area contributed by atoms with Gasteiger partial charge in [0.15, 0.2) is 0 Å². The van der Waals surface area contributed by atoms with Gasteiger partial charge in [-0.25, -0.2) is 0 Å². The third kappa shape index (κ3) is 4.33. The standard InChI is InChI=1S/C16H24O/c1-12-9-10-15(16(3,4)5)11-14(12)8-6-7-13(2)17/h9-11H,6-8H2,1-5H3. The number of carbonyl (C=O) groups is 1. The van der Waals surface area contributed by atoms with E-state index in [1.165, 1.54) is 16.7 Å². The minimum absolute atomic E-state index is 0.197. The SMILES string of the molecule is CC(=O)CCCc1cc(C(C)(C)C)ccc1C. The van der Waals surface area contributed by atoms with E-state index in [0.717, 1.165) is 12.8 Å². The molecule has 0 saturated heterocycles. The van der Waals surface area contributed by atoms with Crippen molar-refractivity contribution in [1.82, 2.24) is 0 Å². The second-order valence-corrected chi connectivity index (χ2v) is 5.95. The van der Waals surface area contributed by atoms with Gasteiger partial charge >= 0.3 is 0 Å². The van der Waals surface area contributed by atoms with Crippen molar-refractivity contribution in [3.8, 4) is 0 Å². The topological polar surface area (TPSA) is 17.1 Å². The summed E-state index contributed by atoms with van der Waals surface area (Å²) >= 11 is 0. The molecule has 0 radical (unpaired) electrons.